The van der Waals surface area contributed by atoms with Gasteiger partial charge >= 0.3 is 0 Å². The van der Waals surface area contributed by atoms with E-state index in [0.29, 0.717) is 18.8 Å². The maximum absolute atomic E-state index is 11.3. The van der Waals surface area contributed by atoms with E-state index < -0.39 is 0 Å². The minimum absolute atomic E-state index is 0.282. The average molecular weight is 301 g/mol. The molecule has 0 atom stereocenters. The fourth-order valence-corrected chi connectivity index (χ4v) is 3.20. The Morgan fingerprint density at radius 2 is 2.00 bits per heavy atom. The van der Waals surface area contributed by atoms with Gasteiger partial charge in [0.25, 0.3) is 0 Å². The number of rotatable bonds is 5. The maximum Gasteiger partial charge on any atom is 0.163 e. The molecule has 4 heteroatoms. The van der Waals surface area contributed by atoms with Crippen LogP contribution in [0.15, 0.2) is 23.2 Å². The first kappa shape index (κ1) is 15.1. The highest BCUT2D eigenvalue weighted by Crippen LogP contribution is 2.34. The summed E-state index contributed by atoms with van der Waals surface area (Å²) < 4.78 is 11.4. The molecule has 0 bridgehead atoms. The van der Waals surface area contributed by atoms with Gasteiger partial charge < -0.3 is 9.47 Å². The quantitative estimate of drug-likeness (QED) is 0.823. The van der Waals surface area contributed by atoms with Gasteiger partial charge in [-0.15, -0.1) is 0 Å². The maximum atomic E-state index is 11.3. The highest BCUT2D eigenvalue weighted by molar-refractivity contribution is 6.09. The molecule has 2 aliphatic carbocycles. The van der Waals surface area contributed by atoms with E-state index in [1.165, 1.54) is 25.7 Å². The molecule has 0 amide bonds. The van der Waals surface area contributed by atoms with Crippen molar-refractivity contribution >= 4 is 17.2 Å². The van der Waals surface area contributed by atoms with E-state index in [-0.39, 0.29) is 5.78 Å². The number of carbonyl (C=O) groups excluding carboxylic acids is 1. The Kier molecular flexibility index (Phi) is 4.76. The molecule has 1 aromatic carbocycles. The lowest BCUT2D eigenvalue weighted by atomic mass is 10.1. The number of ketones is 1. The smallest absolute Gasteiger partial charge is 0.163 e. The Morgan fingerprint density at radius 3 is 2.68 bits per heavy atom. The number of ether oxygens (including phenoxy) is 2. The Balaban J connectivity index is 1.72. The molecule has 3 rings (SSSR count). The number of methoxy groups -OCH3 is 1. The van der Waals surface area contributed by atoms with Crippen LogP contribution < -0.4 is 9.47 Å². The Morgan fingerprint density at radius 1 is 1.18 bits per heavy atom. The van der Waals surface area contributed by atoms with Crippen molar-refractivity contribution in [2.24, 2.45) is 10.9 Å². The molecule has 2 saturated carbocycles. The summed E-state index contributed by atoms with van der Waals surface area (Å²) in [5, 5.41) is 0. The molecule has 22 heavy (non-hydrogen) atoms. The minimum atomic E-state index is 0.282. The van der Waals surface area contributed by atoms with Crippen molar-refractivity contribution in [3.8, 4) is 11.5 Å². The van der Waals surface area contributed by atoms with Crippen LogP contribution >= 0.6 is 0 Å². The average Bonchev–Trinajstić information content (AvgIpc) is 3.17. The number of hydrogen-bond donors (Lipinski definition) is 0. The first-order valence-corrected chi connectivity index (χ1v) is 8.13. The number of benzene rings is 1. The van der Waals surface area contributed by atoms with Crippen molar-refractivity contribution in [1.82, 2.24) is 0 Å². The van der Waals surface area contributed by atoms with Crippen LogP contribution in [0.25, 0.3) is 0 Å². The Bertz CT molecular complexity index is 574. The Hall–Kier alpha value is -1.84. The molecule has 2 fully saturated rings. The van der Waals surface area contributed by atoms with Crippen molar-refractivity contribution in [3.05, 3.63) is 18.2 Å². The fraction of sp³-hybridized carbons (Fsp3) is 0.556. The normalized spacial score (nSPS) is 20.8. The molecule has 0 spiro atoms. The summed E-state index contributed by atoms with van der Waals surface area (Å²) in [4.78, 5) is 15.9. The van der Waals surface area contributed by atoms with Gasteiger partial charge in [0, 0.05) is 24.6 Å². The Labute approximate surface area is 131 Å². The summed E-state index contributed by atoms with van der Waals surface area (Å²) >= 11 is 0. The van der Waals surface area contributed by atoms with E-state index in [1.807, 2.05) is 18.2 Å². The molecule has 0 unspecified atom stereocenters. The monoisotopic (exact) mass is 301 g/mol. The van der Waals surface area contributed by atoms with Crippen molar-refractivity contribution in [3.63, 3.8) is 0 Å². The van der Waals surface area contributed by atoms with E-state index in [0.717, 1.165) is 35.9 Å². The first-order chi connectivity index (χ1) is 10.7. The molecule has 0 radical (unpaired) electrons. The van der Waals surface area contributed by atoms with Crippen LogP contribution in [-0.4, -0.2) is 25.2 Å². The van der Waals surface area contributed by atoms with Crippen molar-refractivity contribution in [2.75, 3.05) is 13.7 Å². The predicted molar refractivity (Wildman–Crippen MR) is 86.4 cm³/mol. The highest BCUT2D eigenvalue weighted by atomic mass is 16.5. The van der Waals surface area contributed by atoms with Gasteiger partial charge in [0.2, 0.25) is 0 Å². The van der Waals surface area contributed by atoms with E-state index in [1.54, 1.807) is 7.11 Å². The van der Waals surface area contributed by atoms with Gasteiger partial charge in [-0.2, -0.15) is 0 Å². The SMILES string of the molecule is COc1ccc(N=C2CCC(=O)C2)cc1OCC1CCCC1. The summed E-state index contributed by atoms with van der Waals surface area (Å²) in [6.07, 6.45) is 7.03. The third-order valence-electron chi connectivity index (χ3n) is 4.48. The summed E-state index contributed by atoms with van der Waals surface area (Å²) in [5.74, 6) is 2.43. The first-order valence-electron chi connectivity index (χ1n) is 8.13. The zero-order valence-electron chi connectivity index (χ0n) is 13.1. The van der Waals surface area contributed by atoms with Gasteiger partial charge in [-0.05, 0) is 37.3 Å². The van der Waals surface area contributed by atoms with E-state index >= 15 is 0 Å². The van der Waals surface area contributed by atoms with E-state index in [9.17, 15) is 4.79 Å². The number of Topliss-reactive ketones (excluding diaryl/α,β-unsaturated/α-hetero) is 1. The zero-order chi connectivity index (χ0) is 15.4. The highest BCUT2D eigenvalue weighted by Gasteiger charge is 2.18. The lowest BCUT2D eigenvalue weighted by Gasteiger charge is -2.14. The van der Waals surface area contributed by atoms with Gasteiger partial charge in [-0.1, -0.05) is 12.8 Å². The zero-order valence-corrected chi connectivity index (χ0v) is 13.1. The molecule has 0 N–H and O–H groups in total. The summed E-state index contributed by atoms with van der Waals surface area (Å²) in [6, 6.07) is 5.72. The molecular formula is C18H23NO3. The summed E-state index contributed by atoms with van der Waals surface area (Å²) in [6.45, 7) is 0.745. The third kappa shape index (κ3) is 3.67. The largest absolute Gasteiger partial charge is 0.493 e. The van der Waals surface area contributed by atoms with E-state index in [2.05, 4.69) is 4.99 Å². The van der Waals surface area contributed by atoms with Gasteiger partial charge in [0.1, 0.15) is 5.78 Å². The molecule has 4 nitrogen and oxygen atoms in total. The number of nitrogens with zero attached hydrogens (tertiary/aromatic N) is 1. The lowest BCUT2D eigenvalue weighted by Crippen LogP contribution is -2.08. The summed E-state index contributed by atoms with van der Waals surface area (Å²) in [5.41, 5.74) is 1.81. The number of aliphatic imine (C=N–C) groups is 1. The molecule has 0 saturated heterocycles. The second-order valence-corrected chi connectivity index (χ2v) is 6.19. The van der Waals surface area contributed by atoms with Crippen LogP contribution in [0.1, 0.15) is 44.9 Å². The topological polar surface area (TPSA) is 47.9 Å². The third-order valence-corrected chi connectivity index (χ3v) is 4.48. The van der Waals surface area contributed by atoms with Crippen LogP contribution in [0.5, 0.6) is 11.5 Å². The van der Waals surface area contributed by atoms with Crippen LogP contribution in [0, 0.1) is 5.92 Å². The van der Waals surface area contributed by atoms with Gasteiger partial charge in [0.05, 0.1) is 19.4 Å². The minimum Gasteiger partial charge on any atom is -0.493 e. The van der Waals surface area contributed by atoms with Gasteiger partial charge in [0.15, 0.2) is 11.5 Å². The predicted octanol–water partition coefficient (Wildman–Crippen LogP) is 4.09. The van der Waals surface area contributed by atoms with Crippen LogP contribution in [0.2, 0.25) is 0 Å². The fourth-order valence-electron chi connectivity index (χ4n) is 3.20. The van der Waals surface area contributed by atoms with Gasteiger partial charge in [-0.25, -0.2) is 0 Å². The second-order valence-electron chi connectivity index (χ2n) is 6.19. The molecule has 0 aliphatic heterocycles. The molecule has 2 aliphatic rings. The van der Waals surface area contributed by atoms with Crippen LogP contribution in [0.3, 0.4) is 0 Å². The molecule has 0 heterocycles. The molecule has 1 aromatic rings. The summed E-state index contributed by atoms with van der Waals surface area (Å²) in [7, 11) is 1.65. The number of carbonyl (C=O) groups is 1. The van der Waals surface area contributed by atoms with Crippen molar-refractivity contribution < 1.29 is 14.3 Å². The number of hydrogen-bond acceptors (Lipinski definition) is 4. The molecular weight excluding hydrogens is 278 g/mol. The van der Waals surface area contributed by atoms with Crippen molar-refractivity contribution in [1.29, 1.82) is 0 Å². The molecule has 118 valence electrons. The standard InChI is InChI=1S/C18H23NO3/c1-21-17-9-7-15(19-14-6-8-16(20)10-14)11-18(17)22-12-13-4-2-3-5-13/h7,9,11,13H,2-6,8,10,12H2,1H3. The molecule has 0 aromatic heterocycles. The lowest BCUT2D eigenvalue weighted by molar-refractivity contribution is -0.116. The van der Waals surface area contributed by atoms with Crippen LogP contribution in [0.4, 0.5) is 5.69 Å². The van der Waals surface area contributed by atoms with Crippen LogP contribution in [-0.2, 0) is 4.79 Å². The van der Waals surface area contributed by atoms with Crippen molar-refractivity contribution in [2.45, 2.75) is 44.9 Å². The second kappa shape index (κ2) is 6.95. The van der Waals surface area contributed by atoms with Gasteiger partial charge in [-0.3, -0.25) is 9.79 Å². The van der Waals surface area contributed by atoms with E-state index in [4.69, 9.17) is 9.47 Å².